The third kappa shape index (κ3) is 3.21. The van der Waals surface area contributed by atoms with Crippen molar-refractivity contribution in [1.29, 1.82) is 0 Å². The molecule has 2 aliphatic rings. The van der Waals surface area contributed by atoms with Crippen LogP contribution >= 0.6 is 0 Å². The molecule has 0 aliphatic carbocycles. The van der Waals surface area contributed by atoms with Gasteiger partial charge < -0.3 is 4.90 Å². The summed E-state index contributed by atoms with van der Waals surface area (Å²) in [6, 6.07) is 14.3. The molecular formula is C20H22FN3O3S. The van der Waals surface area contributed by atoms with Crippen molar-refractivity contribution >= 4 is 21.6 Å². The second kappa shape index (κ2) is 6.95. The zero-order chi connectivity index (χ0) is 19.9. The third-order valence-corrected chi connectivity index (χ3v) is 7.59. The number of hydrogen-bond acceptors (Lipinski definition) is 4. The van der Waals surface area contributed by atoms with E-state index in [1.54, 1.807) is 47.4 Å². The number of nitrogens with zero attached hydrogens (tertiary/aromatic N) is 3. The summed E-state index contributed by atoms with van der Waals surface area (Å²) in [6.07, 6.45) is 0.606. The average Bonchev–Trinajstić information content (AvgIpc) is 3.12. The molecule has 2 heterocycles. The molecule has 0 saturated carbocycles. The molecule has 0 radical (unpaired) electrons. The molecule has 28 heavy (non-hydrogen) atoms. The van der Waals surface area contributed by atoms with Gasteiger partial charge in [-0.15, -0.1) is 0 Å². The first-order valence-electron chi connectivity index (χ1n) is 9.14. The van der Waals surface area contributed by atoms with Gasteiger partial charge in [-0.3, -0.25) is 9.69 Å². The number of carbonyl (C=O) groups is 1. The number of sulfonamides is 1. The van der Waals surface area contributed by atoms with Gasteiger partial charge in [-0.2, -0.15) is 4.31 Å². The summed E-state index contributed by atoms with van der Waals surface area (Å²) in [4.78, 5) is 16.4. The maximum absolute atomic E-state index is 13.7. The van der Waals surface area contributed by atoms with Crippen molar-refractivity contribution in [3.63, 3.8) is 0 Å². The SMILES string of the molecule is CN1CC(=O)N(c2cccc(F)c2)CC12CCN(S(=O)(=O)c1ccccc1)C2. The standard InChI is InChI=1S/C20H22FN3O3S/c1-22-13-19(25)24(17-7-5-6-16(21)12-17)15-20(22)10-11-23(14-20)28(26,27)18-8-3-2-4-9-18/h2-9,12H,10-11,13-15H2,1H3. The van der Waals surface area contributed by atoms with E-state index in [1.165, 1.54) is 16.4 Å². The Hall–Kier alpha value is -2.29. The average molecular weight is 403 g/mol. The van der Waals surface area contributed by atoms with Gasteiger partial charge in [0, 0.05) is 25.3 Å². The minimum atomic E-state index is -3.60. The van der Waals surface area contributed by atoms with E-state index < -0.39 is 21.4 Å². The van der Waals surface area contributed by atoms with Crippen molar-refractivity contribution in [2.75, 3.05) is 38.1 Å². The van der Waals surface area contributed by atoms with Crippen molar-refractivity contribution in [1.82, 2.24) is 9.21 Å². The van der Waals surface area contributed by atoms with Gasteiger partial charge in [0.05, 0.1) is 17.0 Å². The van der Waals surface area contributed by atoms with Crippen LogP contribution in [0.5, 0.6) is 0 Å². The minimum Gasteiger partial charge on any atom is -0.309 e. The van der Waals surface area contributed by atoms with E-state index in [2.05, 4.69) is 0 Å². The molecule has 2 saturated heterocycles. The molecule has 2 aliphatic heterocycles. The fourth-order valence-corrected chi connectivity index (χ4v) is 5.59. The molecule has 4 rings (SSSR count). The zero-order valence-electron chi connectivity index (χ0n) is 15.6. The van der Waals surface area contributed by atoms with E-state index in [0.29, 0.717) is 31.7 Å². The number of piperazine rings is 1. The van der Waals surface area contributed by atoms with Crippen LogP contribution in [0.1, 0.15) is 6.42 Å². The topological polar surface area (TPSA) is 60.9 Å². The van der Waals surface area contributed by atoms with Crippen LogP contribution in [0.25, 0.3) is 0 Å². The number of halogens is 1. The smallest absolute Gasteiger partial charge is 0.243 e. The Morgan fingerprint density at radius 1 is 1.04 bits per heavy atom. The van der Waals surface area contributed by atoms with E-state index in [4.69, 9.17) is 0 Å². The highest BCUT2D eigenvalue weighted by molar-refractivity contribution is 7.89. The third-order valence-electron chi connectivity index (χ3n) is 5.73. The quantitative estimate of drug-likeness (QED) is 0.786. The van der Waals surface area contributed by atoms with Gasteiger partial charge in [0.2, 0.25) is 15.9 Å². The van der Waals surface area contributed by atoms with E-state index in [0.717, 1.165) is 0 Å². The molecule has 0 bridgehead atoms. The number of anilines is 1. The monoisotopic (exact) mass is 403 g/mol. The number of amides is 1. The lowest BCUT2D eigenvalue weighted by molar-refractivity contribution is -0.123. The van der Waals surface area contributed by atoms with Gasteiger partial charge in [-0.05, 0) is 43.8 Å². The van der Waals surface area contributed by atoms with Gasteiger partial charge in [-0.25, -0.2) is 12.8 Å². The minimum absolute atomic E-state index is 0.122. The summed E-state index contributed by atoms with van der Waals surface area (Å²) in [5, 5.41) is 0. The fraction of sp³-hybridized carbons (Fsp3) is 0.350. The Balaban J connectivity index is 1.62. The van der Waals surface area contributed by atoms with Crippen LogP contribution in [0.4, 0.5) is 10.1 Å². The molecule has 6 nitrogen and oxygen atoms in total. The van der Waals surface area contributed by atoms with Crippen LogP contribution in [-0.2, 0) is 14.8 Å². The highest BCUT2D eigenvalue weighted by atomic mass is 32.2. The summed E-state index contributed by atoms with van der Waals surface area (Å²) in [5.74, 6) is -0.527. The number of carbonyl (C=O) groups excluding carboxylic acids is 1. The van der Waals surface area contributed by atoms with E-state index >= 15 is 0 Å². The normalized spacial score (nSPS) is 24.2. The van der Waals surface area contributed by atoms with Gasteiger partial charge >= 0.3 is 0 Å². The summed E-state index contributed by atoms with van der Waals surface area (Å²) in [6.45, 7) is 1.16. The predicted molar refractivity (Wildman–Crippen MR) is 104 cm³/mol. The van der Waals surface area contributed by atoms with Crippen molar-refractivity contribution in [2.45, 2.75) is 16.9 Å². The number of hydrogen-bond donors (Lipinski definition) is 0. The van der Waals surface area contributed by atoms with Crippen LogP contribution in [-0.4, -0.2) is 62.3 Å². The highest BCUT2D eigenvalue weighted by Gasteiger charge is 2.50. The van der Waals surface area contributed by atoms with Crippen LogP contribution in [0.15, 0.2) is 59.5 Å². The summed E-state index contributed by atoms with van der Waals surface area (Å²) in [7, 11) is -1.75. The molecule has 2 aromatic rings. The summed E-state index contributed by atoms with van der Waals surface area (Å²) < 4.78 is 41.2. The van der Waals surface area contributed by atoms with Gasteiger partial charge in [0.15, 0.2) is 0 Å². The first kappa shape index (κ1) is 19.0. The van der Waals surface area contributed by atoms with Crippen LogP contribution in [0.3, 0.4) is 0 Å². The van der Waals surface area contributed by atoms with Crippen molar-refractivity contribution < 1.29 is 17.6 Å². The molecule has 1 atom stereocenters. The zero-order valence-corrected chi connectivity index (χ0v) is 16.4. The summed E-state index contributed by atoms with van der Waals surface area (Å²) in [5.41, 5.74) is 0.00377. The molecule has 148 valence electrons. The number of likely N-dealkylation sites (N-methyl/N-ethyl adjacent to an activating group) is 1. The first-order chi connectivity index (χ1) is 13.3. The second-order valence-corrected chi connectivity index (χ2v) is 9.38. The predicted octanol–water partition coefficient (Wildman–Crippen LogP) is 1.94. The Morgan fingerprint density at radius 3 is 2.50 bits per heavy atom. The molecule has 8 heteroatoms. The highest BCUT2D eigenvalue weighted by Crippen LogP contribution is 2.35. The first-order valence-corrected chi connectivity index (χ1v) is 10.6. The largest absolute Gasteiger partial charge is 0.309 e. The fourth-order valence-electron chi connectivity index (χ4n) is 4.04. The van der Waals surface area contributed by atoms with Gasteiger partial charge in [0.25, 0.3) is 0 Å². The van der Waals surface area contributed by atoms with Crippen LogP contribution in [0.2, 0.25) is 0 Å². The van der Waals surface area contributed by atoms with E-state index in [9.17, 15) is 17.6 Å². The van der Waals surface area contributed by atoms with Crippen LogP contribution < -0.4 is 4.90 Å². The van der Waals surface area contributed by atoms with E-state index in [-0.39, 0.29) is 17.3 Å². The molecule has 2 aromatic carbocycles. The molecule has 1 spiro atoms. The molecule has 1 amide bonds. The molecule has 2 fully saturated rings. The lowest BCUT2D eigenvalue weighted by atomic mass is 9.92. The van der Waals surface area contributed by atoms with E-state index in [1.807, 2.05) is 11.9 Å². The Morgan fingerprint density at radius 2 is 1.79 bits per heavy atom. The molecule has 1 unspecified atom stereocenters. The second-order valence-electron chi connectivity index (χ2n) is 7.44. The Kier molecular flexibility index (Phi) is 4.73. The summed E-state index contributed by atoms with van der Waals surface area (Å²) >= 11 is 0. The maximum Gasteiger partial charge on any atom is 0.243 e. The lowest BCUT2D eigenvalue weighted by Gasteiger charge is -2.46. The molecular weight excluding hydrogens is 381 g/mol. The Bertz CT molecular complexity index is 999. The molecule has 0 aromatic heterocycles. The molecule has 0 N–H and O–H groups in total. The van der Waals surface area contributed by atoms with Crippen molar-refractivity contribution in [3.8, 4) is 0 Å². The Labute approximate surface area is 164 Å². The van der Waals surface area contributed by atoms with Gasteiger partial charge in [0.1, 0.15) is 5.82 Å². The van der Waals surface area contributed by atoms with Crippen LogP contribution in [0, 0.1) is 5.82 Å². The number of benzene rings is 2. The number of rotatable bonds is 3. The lowest BCUT2D eigenvalue weighted by Crippen LogP contribution is -2.64. The van der Waals surface area contributed by atoms with Crippen molar-refractivity contribution in [3.05, 3.63) is 60.4 Å². The van der Waals surface area contributed by atoms with Gasteiger partial charge in [-0.1, -0.05) is 24.3 Å². The van der Waals surface area contributed by atoms with Crippen molar-refractivity contribution in [2.24, 2.45) is 0 Å². The maximum atomic E-state index is 13.7.